The zero-order valence-corrected chi connectivity index (χ0v) is 12.2. The molecular weight excluding hydrogens is 334 g/mol. The second-order valence-corrected chi connectivity index (χ2v) is 4.53. The van der Waals surface area contributed by atoms with Gasteiger partial charge in [-0.05, 0) is 19.1 Å². The SMILES string of the molecule is CCNc1nc(Nc2ccc(F)cc2[N+](=O)[O-])cc(C(F)(F)F)n1. The predicted molar refractivity (Wildman–Crippen MR) is 77.5 cm³/mol. The van der Waals surface area contributed by atoms with Crippen LogP contribution in [0.4, 0.5) is 40.7 Å². The van der Waals surface area contributed by atoms with E-state index in [0.717, 1.165) is 12.1 Å². The van der Waals surface area contributed by atoms with E-state index in [0.29, 0.717) is 12.1 Å². The number of halogens is 4. The number of anilines is 3. The second-order valence-electron chi connectivity index (χ2n) is 4.53. The summed E-state index contributed by atoms with van der Waals surface area (Å²) in [6, 6.07) is 3.23. The van der Waals surface area contributed by atoms with Gasteiger partial charge in [0.2, 0.25) is 5.95 Å². The summed E-state index contributed by atoms with van der Waals surface area (Å²) in [5.74, 6) is -1.46. The summed E-state index contributed by atoms with van der Waals surface area (Å²) in [5, 5.41) is 15.9. The van der Waals surface area contributed by atoms with Gasteiger partial charge >= 0.3 is 6.18 Å². The number of nitro benzene ring substituents is 1. The highest BCUT2D eigenvalue weighted by Crippen LogP contribution is 2.32. The van der Waals surface area contributed by atoms with Crippen LogP contribution in [-0.2, 0) is 6.18 Å². The maximum absolute atomic E-state index is 13.1. The molecule has 0 fully saturated rings. The number of benzene rings is 1. The second kappa shape index (κ2) is 6.64. The third kappa shape index (κ3) is 4.06. The van der Waals surface area contributed by atoms with Gasteiger partial charge in [0.1, 0.15) is 17.3 Å². The summed E-state index contributed by atoms with van der Waals surface area (Å²) >= 11 is 0. The van der Waals surface area contributed by atoms with E-state index >= 15 is 0 Å². The Bertz CT molecular complexity index is 767. The largest absolute Gasteiger partial charge is 0.433 e. The maximum atomic E-state index is 13.1. The highest BCUT2D eigenvalue weighted by Gasteiger charge is 2.34. The van der Waals surface area contributed by atoms with Crippen LogP contribution >= 0.6 is 0 Å². The minimum atomic E-state index is -4.72. The summed E-state index contributed by atoms with van der Waals surface area (Å²) in [5.41, 5.74) is -2.05. The van der Waals surface area contributed by atoms with Gasteiger partial charge in [-0.15, -0.1) is 0 Å². The molecule has 0 aliphatic carbocycles. The molecule has 7 nitrogen and oxygen atoms in total. The molecule has 0 amide bonds. The quantitative estimate of drug-likeness (QED) is 0.487. The van der Waals surface area contributed by atoms with Crippen molar-refractivity contribution in [2.24, 2.45) is 0 Å². The molecule has 2 aromatic rings. The van der Waals surface area contributed by atoms with E-state index < -0.39 is 28.3 Å². The Morgan fingerprint density at radius 1 is 1.25 bits per heavy atom. The van der Waals surface area contributed by atoms with Crippen molar-refractivity contribution in [2.75, 3.05) is 17.2 Å². The number of rotatable bonds is 5. The first kappa shape index (κ1) is 17.4. The number of nitro groups is 1. The molecule has 0 spiro atoms. The lowest BCUT2D eigenvalue weighted by Crippen LogP contribution is -2.13. The van der Waals surface area contributed by atoms with E-state index in [-0.39, 0.29) is 24.0 Å². The molecule has 24 heavy (non-hydrogen) atoms. The Balaban J connectivity index is 2.46. The van der Waals surface area contributed by atoms with Crippen molar-refractivity contribution in [3.63, 3.8) is 0 Å². The van der Waals surface area contributed by atoms with Crippen molar-refractivity contribution in [2.45, 2.75) is 13.1 Å². The molecule has 0 unspecified atom stereocenters. The van der Waals surface area contributed by atoms with Crippen LogP contribution in [0, 0.1) is 15.9 Å². The van der Waals surface area contributed by atoms with Crippen LogP contribution in [0.25, 0.3) is 0 Å². The molecule has 0 bridgehead atoms. The zero-order chi connectivity index (χ0) is 17.9. The van der Waals surface area contributed by atoms with Crippen molar-refractivity contribution in [3.05, 3.63) is 45.9 Å². The van der Waals surface area contributed by atoms with E-state index in [4.69, 9.17) is 0 Å². The summed E-state index contributed by atoms with van der Waals surface area (Å²) in [7, 11) is 0. The monoisotopic (exact) mass is 345 g/mol. The summed E-state index contributed by atoms with van der Waals surface area (Å²) in [4.78, 5) is 17.2. The number of nitrogens with one attached hydrogen (secondary N) is 2. The molecule has 2 N–H and O–H groups in total. The van der Waals surface area contributed by atoms with E-state index in [1.165, 1.54) is 0 Å². The molecular formula is C13H11F4N5O2. The van der Waals surface area contributed by atoms with E-state index in [2.05, 4.69) is 20.6 Å². The molecule has 1 aromatic heterocycles. The molecule has 0 saturated carbocycles. The van der Waals surface area contributed by atoms with Crippen molar-refractivity contribution in [1.29, 1.82) is 0 Å². The number of nitrogens with zero attached hydrogens (tertiary/aromatic N) is 3. The van der Waals surface area contributed by atoms with Gasteiger partial charge in [-0.3, -0.25) is 10.1 Å². The molecule has 0 radical (unpaired) electrons. The van der Waals surface area contributed by atoms with Crippen molar-refractivity contribution < 1.29 is 22.5 Å². The van der Waals surface area contributed by atoms with Crippen LogP contribution in [0.5, 0.6) is 0 Å². The summed E-state index contributed by atoms with van der Waals surface area (Å²) in [6.45, 7) is 1.92. The number of hydrogen-bond donors (Lipinski definition) is 2. The molecule has 0 atom stereocenters. The molecule has 0 saturated heterocycles. The average Bonchev–Trinajstić information content (AvgIpc) is 2.48. The number of aromatic nitrogens is 2. The minimum absolute atomic E-state index is 0.198. The van der Waals surface area contributed by atoms with Gasteiger partial charge in [0.25, 0.3) is 5.69 Å². The Hall–Kier alpha value is -2.98. The highest BCUT2D eigenvalue weighted by molar-refractivity contribution is 5.68. The standard InChI is InChI=1S/C13H11F4N5O2/c1-2-18-12-20-10(13(15,16)17)6-11(21-12)19-8-4-3-7(14)5-9(8)22(23)24/h3-6H,2H2,1H3,(H2,18,19,20,21). The lowest BCUT2D eigenvalue weighted by Gasteiger charge is -2.12. The minimum Gasteiger partial charge on any atom is -0.354 e. The Kier molecular flexibility index (Phi) is 4.81. The molecule has 0 aliphatic heterocycles. The molecule has 1 heterocycles. The van der Waals surface area contributed by atoms with Crippen LogP contribution in [0.15, 0.2) is 24.3 Å². The first-order valence-electron chi connectivity index (χ1n) is 6.62. The van der Waals surface area contributed by atoms with E-state index in [9.17, 15) is 27.7 Å². The van der Waals surface area contributed by atoms with Crippen molar-refractivity contribution >= 4 is 23.1 Å². The summed E-state index contributed by atoms with van der Waals surface area (Å²) in [6.07, 6.45) is -4.72. The highest BCUT2D eigenvalue weighted by atomic mass is 19.4. The fourth-order valence-electron chi connectivity index (χ4n) is 1.79. The van der Waals surface area contributed by atoms with Crippen LogP contribution in [-0.4, -0.2) is 21.4 Å². The number of alkyl halides is 3. The van der Waals surface area contributed by atoms with Gasteiger partial charge in [-0.1, -0.05) is 0 Å². The van der Waals surface area contributed by atoms with Crippen molar-refractivity contribution in [3.8, 4) is 0 Å². The van der Waals surface area contributed by atoms with Gasteiger partial charge in [0.05, 0.1) is 11.0 Å². The first-order chi connectivity index (χ1) is 11.2. The first-order valence-corrected chi connectivity index (χ1v) is 6.62. The molecule has 1 aromatic carbocycles. The Morgan fingerprint density at radius 2 is 1.96 bits per heavy atom. The molecule has 0 aliphatic rings. The van der Waals surface area contributed by atoms with Gasteiger partial charge in [0, 0.05) is 12.6 Å². The van der Waals surface area contributed by atoms with Gasteiger partial charge < -0.3 is 10.6 Å². The lowest BCUT2D eigenvalue weighted by atomic mass is 10.2. The normalized spacial score (nSPS) is 11.2. The maximum Gasteiger partial charge on any atom is 0.433 e. The predicted octanol–water partition coefficient (Wildman–Crippen LogP) is 3.72. The Labute approximate surface area is 132 Å². The van der Waals surface area contributed by atoms with Crippen molar-refractivity contribution in [1.82, 2.24) is 9.97 Å². The zero-order valence-electron chi connectivity index (χ0n) is 12.2. The molecule has 11 heteroatoms. The van der Waals surface area contributed by atoms with E-state index in [1.54, 1.807) is 6.92 Å². The van der Waals surface area contributed by atoms with Crippen LogP contribution in [0.2, 0.25) is 0 Å². The third-order valence-corrected chi connectivity index (χ3v) is 2.77. The fraction of sp³-hybridized carbons (Fsp3) is 0.231. The lowest BCUT2D eigenvalue weighted by molar-refractivity contribution is -0.384. The number of hydrogen-bond acceptors (Lipinski definition) is 6. The Morgan fingerprint density at radius 3 is 2.54 bits per heavy atom. The van der Waals surface area contributed by atoms with Gasteiger partial charge in [-0.25, -0.2) is 9.37 Å². The smallest absolute Gasteiger partial charge is 0.354 e. The summed E-state index contributed by atoms with van der Waals surface area (Å²) < 4.78 is 51.8. The van der Waals surface area contributed by atoms with E-state index in [1.807, 2.05) is 0 Å². The molecule has 128 valence electrons. The van der Waals surface area contributed by atoms with Crippen LogP contribution in [0.1, 0.15) is 12.6 Å². The van der Waals surface area contributed by atoms with Gasteiger partial charge in [-0.2, -0.15) is 18.2 Å². The van der Waals surface area contributed by atoms with Crippen LogP contribution < -0.4 is 10.6 Å². The molecule has 2 rings (SSSR count). The van der Waals surface area contributed by atoms with Gasteiger partial charge in [0.15, 0.2) is 5.69 Å². The fourth-order valence-corrected chi connectivity index (χ4v) is 1.79. The average molecular weight is 345 g/mol. The topological polar surface area (TPSA) is 93.0 Å². The third-order valence-electron chi connectivity index (χ3n) is 2.77. The van der Waals surface area contributed by atoms with Crippen LogP contribution in [0.3, 0.4) is 0 Å².